The van der Waals surface area contributed by atoms with Crippen molar-refractivity contribution in [2.75, 3.05) is 7.05 Å². The molecule has 4 nitrogen and oxygen atoms in total. The molecule has 1 aromatic heterocycles. The van der Waals surface area contributed by atoms with E-state index in [0.29, 0.717) is 12.1 Å². The molecule has 62 valence electrons. The minimum absolute atomic E-state index is 0.0185. The van der Waals surface area contributed by atoms with Crippen molar-refractivity contribution in [1.29, 1.82) is 0 Å². The zero-order valence-electron chi connectivity index (χ0n) is 7.03. The normalized spacial score (nSPS) is 15.2. The second kappa shape index (κ2) is 2.27. The van der Waals surface area contributed by atoms with Gasteiger partial charge in [-0.25, -0.2) is 9.97 Å². The van der Waals surface area contributed by atoms with E-state index in [1.54, 1.807) is 18.1 Å². The van der Waals surface area contributed by atoms with Gasteiger partial charge in [-0.15, -0.1) is 0 Å². The summed E-state index contributed by atoms with van der Waals surface area (Å²) in [6, 6.07) is 0. The Balaban J connectivity index is 2.54. The van der Waals surface area contributed by atoms with E-state index < -0.39 is 0 Å². The minimum atomic E-state index is 0.0185. The van der Waals surface area contributed by atoms with Crippen LogP contribution in [0, 0.1) is 6.92 Å². The minimum Gasteiger partial charge on any atom is -0.336 e. The first-order valence-electron chi connectivity index (χ1n) is 3.76. The van der Waals surface area contributed by atoms with Crippen molar-refractivity contribution >= 4 is 5.91 Å². The molecule has 0 aliphatic carbocycles. The molecule has 0 aromatic carbocycles. The molecule has 4 heteroatoms. The third-order valence-corrected chi connectivity index (χ3v) is 1.95. The summed E-state index contributed by atoms with van der Waals surface area (Å²) in [5.41, 5.74) is 1.48. The Hall–Kier alpha value is -1.45. The number of hydrogen-bond donors (Lipinski definition) is 0. The zero-order valence-corrected chi connectivity index (χ0v) is 7.03. The first kappa shape index (κ1) is 7.21. The van der Waals surface area contributed by atoms with Gasteiger partial charge in [-0.2, -0.15) is 0 Å². The van der Waals surface area contributed by atoms with E-state index in [9.17, 15) is 4.79 Å². The molecule has 1 aliphatic rings. The molecule has 1 amide bonds. The highest BCUT2D eigenvalue weighted by atomic mass is 16.2. The SMILES string of the molecule is Cc1ncc2c(n1)CN(C)C2=O. The fourth-order valence-corrected chi connectivity index (χ4v) is 1.32. The molecule has 0 saturated carbocycles. The van der Waals surface area contributed by atoms with E-state index in [-0.39, 0.29) is 5.91 Å². The maximum atomic E-state index is 11.4. The number of carbonyl (C=O) groups excluding carboxylic acids is 1. The van der Waals surface area contributed by atoms with Crippen molar-refractivity contribution in [1.82, 2.24) is 14.9 Å². The van der Waals surface area contributed by atoms with Crippen LogP contribution in [0.15, 0.2) is 6.20 Å². The highest BCUT2D eigenvalue weighted by molar-refractivity contribution is 5.97. The third-order valence-electron chi connectivity index (χ3n) is 1.95. The third kappa shape index (κ3) is 0.879. The van der Waals surface area contributed by atoms with Crippen LogP contribution in [-0.2, 0) is 6.54 Å². The van der Waals surface area contributed by atoms with Crippen LogP contribution in [0.25, 0.3) is 0 Å². The molecule has 0 fully saturated rings. The van der Waals surface area contributed by atoms with Crippen LogP contribution in [0.1, 0.15) is 21.9 Å². The molecule has 2 rings (SSSR count). The predicted octanol–water partition coefficient (Wildman–Crippen LogP) is 0.371. The average molecular weight is 163 g/mol. The highest BCUT2D eigenvalue weighted by Gasteiger charge is 2.25. The van der Waals surface area contributed by atoms with Crippen molar-refractivity contribution < 1.29 is 4.79 Å². The van der Waals surface area contributed by atoms with E-state index in [1.165, 1.54) is 0 Å². The van der Waals surface area contributed by atoms with Gasteiger partial charge in [0.05, 0.1) is 17.8 Å². The summed E-state index contributed by atoms with van der Waals surface area (Å²) in [6.07, 6.45) is 1.60. The summed E-state index contributed by atoms with van der Waals surface area (Å²) < 4.78 is 0. The molecule has 0 unspecified atom stereocenters. The van der Waals surface area contributed by atoms with E-state index in [1.807, 2.05) is 6.92 Å². The van der Waals surface area contributed by atoms with Crippen molar-refractivity contribution in [2.24, 2.45) is 0 Å². The molecule has 0 N–H and O–H groups in total. The molecule has 0 saturated heterocycles. The number of rotatable bonds is 0. The lowest BCUT2D eigenvalue weighted by atomic mass is 10.3. The lowest BCUT2D eigenvalue weighted by molar-refractivity contribution is 0.0816. The maximum absolute atomic E-state index is 11.4. The van der Waals surface area contributed by atoms with Gasteiger partial charge in [-0.1, -0.05) is 0 Å². The molecule has 12 heavy (non-hydrogen) atoms. The first-order chi connectivity index (χ1) is 5.68. The number of aromatic nitrogens is 2. The molecular formula is C8H9N3O. The van der Waals surface area contributed by atoms with Gasteiger partial charge in [0.15, 0.2) is 0 Å². The van der Waals surface area contributed by atoms with E-state index in [0.717, 1.165) is 11.5 Å². The van der Waals surface area contributed by atoms with Gasteiger partial charge >= 0.3 is 0 Å². The van der Waals surface area contributed by atoms with E-state index >= 15 is 0 Å². The van der Waals surface area contributed by atoms with Gasteiger partial charge in [-0.05, 0) is 6.92 Å². The molecular weight excluding hydrogens is 154 g/mol. The number of aryl methyl sites for hydroxylation is 1. The van der Waals surface area contributed by atoms with Crippen molar-refractivity contribution in [3.63, 3.8) is 0 Å². The quantitative estimate of drug-likeness (QED) is 0.555. The molecule has 2 heterocycles. The zero-order chi connectivity index (χ0) is 8.72. The fourth-order valence-electron chi connectivity index (χ4n) is 1.32. The van der Waals surface area contributed by atoms with Gasteiger partial charge in [-0.3, -0.25) is 4.79 Å². The van der Waals surface area contributed by atoms with Gasteiger partial charge in [0.25, 0.3) is 5.91 Å². The van der Waals surface area contributed by atoms with Gasteiger partial charge in [0, 0.05) is 13.2 Å². The number of fused-ring (bicyclic) bond motifs is 1. The Kier molecular flexibility index (Phi) is 1.36. The summed E-state index contributed by atoms with van der Waals surface area (Å²) in [5, 5.41) is 0. The monoisotopic (exact) mass is 163 g/mol. The summed E-state index contributed by atoms with van der Waals surface area (Å²) in [7, 11) is 1.76. The smallest absolute Gasteiger partial charge is 0.257 e. The summed E-state index contributed by atoms with van der Waals surface area (Å²) in [6.45, 7) is 2.43. The Morgan fingerprint density at radius 2 is 2.33 bits per heavy atom. The second-order valence-electron chi connectivity index (χ2n) is 2.94. The van der Waals surface area contributed by atoms with Crippen LogP contribution in [0.3, 0.4) is 0 Å². The summed E-state index contributed by atoms with van der Waals surface area (Å²) >= 11 is 0. The van der Waals surface area contributed by atoms with Crippen LogP contribution in [0.2, 0.25) is 0 Å². The van der Waals surface area contributed by atoms with E-state index in [2.05, 4.69) is 9.97 Å². The largest absolute Gasteiger partial charge is 0.336 e. The number of carbonyl (C=O) groups is 1. The summed E-state index contributed by atoms with van der Waals surface area (Å²) in [4.78, 5) is 21.1. The van der Waals surface area contributed by atoms with Gasteiger partial charge in [0.2, 0.25) is 0 Å². The van der Waals surface area contributed by atoms with Crippen LogP contribution < -0.4 is 0 Å². The van der Waals surface area contributed by atoms with E-state index in [4.69, 9.17) is 0 Å². The first-order valence-corrected chi connectivity index (χ1v) is 3.76. The lowest BCUT2D eigenvalue weighted by Crippen LogP contribution is -2.17. The van der Waals surface area contributed by atoms with Crippen molar-refractivity contribution in [2.45, 2.75) is 13.5 Å². The van der Waals surface area contributed by atoms with Crippen molar-refractivity contribution in [3.8, 4) is 0 Å². The van der Waals surface area contributed by atoms with Gasteiger partial charge < -0.3 is 4.90 Å². The Bertz CT molecular complexity index is 348. The van der Waals surface area contributed by atoms with Crippen molar-refractivity contribution in [3.05, 3.63) is 23.3 Å². The topological polar surface area (TPSA) is 46.1 Å². The predicted molar refractivity (Wildman–Crippen MR) is 42.6 cm³/mol. The molecule has 1 aliphatic heterocycles. The van der Waals surface area contributed by atoms with Gasteiger partial charge in [0.1, 0.15) is 5.82 Å². The Labute approximate surface area is 70.2 Å². The number of nitrogens with zero attached hydrogens (tertiary/aromatic N) is 3. The lowest BCUT2D eigenvalue weighted by Gasteiger charge is -2.03. The molecule has 0 bridgehead atoms. The molecule has 0 spiro atoms. The summed E-state index contributed by atoms with van der Waals surface area (Å²) in [5.74, 6) is 0.738. The average Bonchev–Trinajstić information content (AvgIpc) is 2.28. The molecule has 0 atom stereocenters. The van der Waals surface area contributed by atoms with Crippen LogP contribution in [-0.4, -0.2) is 27.8 Å². The van der Waals surface area contributed by atoms with Crippen LogP contribution in [0.5, 0.6) is 0 Å². The Morgan fingerprint density at radius 3 is 3.08 bits per heavy atom. The highest BCUT2D eigenvalue weighted by Crippen LogP contribution is 2.17. The Morgan fingerprint density at radius 1 is 1.58 bits per heavy atom. The standard InChI is InChI=1S/C8H9N3O/c1-5-9-3-6-7(10-5)4-11(2)8(6)12/h3H,4H2,1-2H3. The number of hydrogen-bond acceptors (Lipinski definition) is 3. The van der Waals surface area contributed by atoms with Crippen LogP contribution >= 0.6 is 0 Å². The second-order valence-corrected chi connectivity index (χ2v) is 2.94. The number of amides is 1. The van der Waals surface area contributed by atoms with Crippen LogP contribution in [0.4, 0.5) is 0 Å². The maximum Gasteiger partial charge on any atom is 0.257 e. The molecule has 0 radical (unpaired) electrons. The molecule has 1 aromatic rings. The fraction of sp³-hybridized carbons (Fsp3) is 0.375.